The van der Waals surface area contributed by atoms with E-state index in [1.807, 2.05) is 35.2 Å². The van der Waals surface area contributed by atoms with Gasteiger partial charge in [-0.1, -0.05) is 24.6 Å². The van der Waals surface area contributed by atoms with Crippen LogP contribution in [0.3, 0.4) is 0 Å². The van der Waals surface area contributed by atoms with Gasteiger partial charge in [0.2, 0.25) is 5.91 Å². The summed E-state index contributed by atoms with van der Waals surface area (Å²) in [6.45, 7) is 2.26. The molecule has 2 fully saturated rings. The number of hydrogen-bond acceptors (Lipinski definition) is 3. The molecule has 0 spiro atoms. The second-order valence-corrected chi connectivity index (χ2v) is 6.49. The van der Waals surface area contributed by atoms with Gasteiger partial charge in [-0.25, -0.2) is 0 Å². The molecule has 1 amide bonds. The maximum atomic E-state index is 12.7. The number of likely N-dealkylation sites (tertiary alicyclic amines) is 1. The summed E-state index contributed by atoms with van der Waals surface area (Å²) < 4.78 is 5.99. The van der Waals surface area contributed by atoms with Gasteiger partial charge in [0.05, 0.1) is 0 Å². The lowest BCUT2D eigenvalue weighted by Gasteiger charge is -2.34. The maximum absolute atomic E-state index is 12.7. The molecule has 0 radical (unpaired) electrons. The van der Waals surface area contributed by atoms with Crippen molar-refractivity contribution in [2.75, 3.05) is 19.6 Å². The number of nitrogens with two attached hydrogens (primary N) is 1. The number of para-hydroxylation sites is 1. The van der Waals surface area contributed by atoms with Crippen LogP contribution >= 0.6 is 12.4 Å². The van der Waals surface area contributed by atoms with E-state index < -0.39 is 0 Å². The zero-order chi connectivity index (χ0) is 15.4. The van der Waals surface area contributed by atoms with Crippen LogP contribution in [0.4, 0.5) is 0 Å². The summed E-state index contributed by atoms with van der Waals surface area (Å²) in [4.78, 5) is 14.7. The van der Waals surface area contributed by atoms with Crippen molar-refractivity contribution in [3.05, 3.63) is 30.3 Å². The molecule has 0 aromatic heterocycles. The summed E-state index contributed by atoms with van der Waals surface area (Å²) in [5, 5.41) is 0. The van der Waals surface area contributed by atoms with E-state index in [2.05, 4.69) is 0 Å². The normalized spacial score (nSPS) is 25.0. The Labute approximate surface area is 144 Å². The molecule has 2 aliphatic rings. The van der Waals surface area contributed by atoms with Crippen molar-refractivity contribution in [1.82, 2.24) is 4.90 Å². The summed E-state index contributed by atoms with van der Waals surface area (Å²) in [5.74, 6) is 1.81. The highest BCUT2D eigenvalue weighted by Gasteiger charge is 2.36. The van der Waals surface area contributed by atoms with Crippen LogP contribution in [0.2, 0.25) is 0 Å². The number of piperidine rings is 1. The van der Waals surface area contributed by atoms with Crippen LogP contribution in [0.25, 0.3) is 0 Å². The second kappa shape index (κ2) is 8.55. The Morgan fingerprint density at radius 3 is 2.48 bits per heavy atom. The maximum Gasteiger partial charge on any atom is 0.226 e. The first-order chi connectivity index (χ1) is 10.8. The van der Waals surface area contributed by atoms with E-state index in [0.717, 1.165) is 50.9 Å². The Kier molecular flexibility index (Phi) is 6.72. The Morgan fingerprint density at radius 1 is 1.13 bits per heavy atom. The minimum atomic E-state index is 0. The van der Waals surface area contributed by atoms with E-state index in [0.29, 0.717) is 18.4 Å². The highest BCUT2D eigenvalue weighted by atomic mass is 35.5. The zero-order valence-corrected chi connectivity index (χ0v) is 14.3. The fraction of sp³-hybridized carbons (Fsp3) is 0.611. The molecular weight excluding hydrogens is 312 g/mol. The molecular formula is C18H27ClN2O2. The average Bonchev–Trinajstić information content (AvgIpc) is 3.04. The molecule has 5 heteroatoms. The Morgan fingerprint density at radius 2 is 1.83 bits per heavy atom. The van der Waals surface area contributed by atoms with Gasteiger partial charge in [-0.2, -0.15) is 0 Å². The molecule has 2 N–H and O–H groups in total. The van der Waals surface area contributed by atoms with E-state index in [1.165, 1.54) is 0 Å². The summed E-state index contributed by atoms with van der Waals surface area (Å²) >= 11 is 0. The molecule has 1 saturated carbocycles. The van der Waals surface area contributed by atoms with Crippen LogP contribution in [-0.2, 0) is 4.79 Å². The largest absolute Gasteiger partial charge is 0.490 e. The fourth-order valence-electron chi connectivity index (χ4n) is 3.76. The standard InChI is InChI=1S/C18H26N2O2.ClH/c19-13-14-5-4-8-17(14)18(21)20-11-9-16(10-12-20)22-15-6-2-1-3-7-15;/h1-3,6-7,14,16-17H,4-5,8-13,19H2;1H/t14-,17-;/m1./s1. The number of ether oxygens (including phenoxy) is 1. The lowest BCUT2D eigenvalue weighted by atomic mass is 9.93. The zero-order valence-electron chi connectivity index (χ0n) is 13.5. The highest BCUT2D eigenvalue weighted by Crippen LogP contribution is 2.33. The van der Waals surface area contributed by atoms with Gasteiger partial charge in [0.25, 0.3) is 0 Å². The van der Waals surface area contributed by atoms with Gasteiger partial charge >= 0.3 is 0 Å². The number of halogens is 1. The minimum Gasteiger partial charge on any atom is -0.490 e. The summed E-state index contributed by atoms with van der Waals surface area (Å²) in [6, 6.07) is 9.94. The summed E-state index contributed by atoms with van der Waals surface area (Å²) in [5.41, 5.74) is 5.81. The molecule has 1 aromatic carbocycles. The number of carbonyl (C=O) groups excluding carboxylic acids is 1. The summed E-state index contributed by atoms with van der Waals surface area (Å²) in [7, 11) is 0. The topological polar surface area (TPSA) is 55.6 Å². The van der Waals surface area contributed by atoms with E-state index >= 15 is 0 Å². The third-order valence-electron chi connectivity index (χ3n) is 5.08. The van der Waals surface area contributed by atoms with Gasteiger partial charge in [-0.05, 0) is 37.4 Å². The van der Waals surface area contributed by atoms with Crippen molar-refractivity contribution in [1.29, 1.82) is 0 Å². The first-order valence-electron chi connectivity index (χ1n) is 8.48. The molecule has 1 saturated heterocycles. The number of benzene rings is 1. The molecule has 1 aliphatic carbocycles. The van der Waals surface area contributed by atoms with Crippen LogP contribution in [0.1, 0.15) is 32.1 Å². The first-order valence-corrected chi connectivity index (χ1v) is 8.48. The summed E-state index contributed by atoms with van der Waals surface area (Å²) in [6.07, 6.45) is 5.33. The monoisotopic (exact) mass is 338 g/mol. The molecule has 1 heterocycles. The van der Waals surface area contributed by atoms with Crippen molar-refractivity contribution in [2.45, 2.75) is 38.2 Å². The third kappa shape index (κ3) is 4.39. The average molecular weight is 339 g/mol. The molecule has 128 valence electrons. The van der Waals surface area contributed by atoms with Crippen LogP contribution < -0.4 is 10.5 Å². The number of rotatable bonds is 4. The van der Waals surface area contributed by atoms with Gasteiger partial charge in [0.15, 0.2) is 0 Å². The lowest BCUT2D eigenvalue weighted by Crippen LogP contribution is -2.45. The van der Waals surface area contributed by atoms with Crippen LogP contribution in [0, 0.1) is 11.8 Å². The molecule has 23 heavy (non-hydrogen) atoms. The Bertz CT molecular complexity index is 489. The van der Waals surface area contributed by atoms with Gasteiger partial charge in [0, 0.05) is 31.8 Å². The van der Waals surface area contributed by atoms with E-state index in [-0.39, 0.29) is 24.4 Å². The number of nitrogens with zero attached hydrogens (tertiary/aromatic N) is 1. The van der Waals surface area contributed by atoms with Crippen molar-refractivity contribution in [3.63, 3.8) is 0 Å². The Balaban J connectivity index is 0.00000192. The molecule has 0 bridgehead atoms. The van der Waals surface area contributed by atoms with Gasteiger partial charge in [-0.3, -0.25) is 4.79 Å². The van der Waals surface area contributed by atoms with Crippen molar-refractivity contribution >= 4 is 18.3 Å². The van der Waals surface area contributed by atoms with E-state index in [9.17, 15) is 4.79 Å². The smallest absolute Gasteiger partial charge is 0.226 e. The third-order valence-corrected chi connectivity index (χ3v) is 5.08. The fourth-order valence-corrected chi connectivity index (χ4v) is 3.76. The van der Waals surface area contributed by atoms with Crippen LogP contribution in [0.5, 0.6) is 5.75 Å². The number of amides is 1. The van der Waals surface area contributed by atoms with Crippen molar-refractivity contribution in [3.8, 4) is 5.75 Å². The van der Waals surface area contributed by atoms with Crippen molar-refractivity contribution < 1.29 is 9.53 Å². The molecule has 1 aromatic rings. The minimum absolute atomic E-state index is 0. The number of carbonyl (C=O) groups is 1. The predicted molar refractivity (Wildman–Crippen MR) is 93.8 cm³/mol. The van der Waals surface area contributed by atoms with Crippen molar-refractivity contribution in [2.24, 2.45) is 17.6 Å². The first kappa shape index (κ1) is 18.1. The van der Waals surface area contributed by atoms with Gasteiger partial charge in [0.1, 0.15) is 11.9 Å². The SMILES string of the molecule is Cl.NC[C@H]1CCC[C@H]1C(=O)N1CCC(Oc2ccccc2)CC1. The van der Waals surface area contributed by atoms with Crippen LogP contribution in [-0.4, -0.2) is 36.5 Å². The molecule has 2 atom stereocenters. The van der Waals surface area contributed by atoms with E-state index in [4.69, 9.17) is 10.5 Å². The quantitative estimate of drug-likeness (QED) is 0.918. The Hall–Kier alpha value is -1.26. The number of hydrogen-bond donors (Lipinski definition) is 1. The van der Waals surface area contributed by atoms with E-state index in [1.54, 1.807) is 0 Å². The molecule has 0 unspecified atom stereocenters. The van der Waals surface area contributed by atoms with Crippen LogP contribution in [0.15, 0.2) is 30.3 Å². The second-order valence-electron chi connectivity index (χ2n) is 6.49. The molecule has 1 aliphatic heterocycles. The lowest BCUT2D eigenvalue weighted by molar-refractivity contribution is -0.138. The molecule has 3 rings (SSSR count). The highest BCUT2D eigenvalue weighted by molar-refractivity contribution is 5.85. The van der Waals surface area contributed by atoms with Gasteiger partial charge < -0.3 is 15.4 Å². The predicted octanol–water partition coefficient (Wildman–Crippen LogP) is 2.85. The molecule has 4 nitrogen and oxygen atoms in total. The van der Waals surface area contributed by atoms with Gasteiger partial charge in [-0.15, -0.1) is 12.4 Å².